The topological polar surface area (TPSA) is 101 Å². The highest BCUT2D eigenvalue weighted by Crippen LogP contribution is 2.40. The largest absolute Gasteiger partial charge is 0.493 e. The molecule has 0 aliphatic carbocycles. The molecule has 2 amide bonds. The van der Waals surface area contributed by atoms with Crippen LogP contribution < -0.4 is 20.1 Å². The maximum absolute atomic E-state index is 13.8. The fourth-order valence-electron chi connectivity index (χ4n) is 5.71. The van der Waals surface area contributed by atoms with Crippen molar-refractivity contribution in [1.82, 2.24) is 14.5 Å². The van der Waals surface area contributed by atoms with Gasteiger partial charge in [0.05, 0.1) is 29.8 Å². The first kappa shape index (κ1) is 32.7. The third-order valence-electron chi connectivity index (χ3n) is 8.27. The second-order valence-electron chi connectivity index (χ2n) is 11.7. The van der Waals surface area contributed by atoms with Gasteiger partial charge in [-0.2, -0.15) is 13.2 Å². The number of furan rings is 1. The Morgan fingerprint density at radius 1 is 1.02 bits per heavy atom. The van der Waals surface area contributed by atoms with Crippen LogP contribution in [0.1, 0.15) is 38.3 Å². The molecule has 0 spiro atoms. The van der Waals surface area contributed by atoms with E-state index >= 15 is 0 Å². The van der Waals surface area contributed by atoms with Crippen LogP contribution in [-0.2, 0) is 28.9 Å². The number of carbonyl (C=O) groups is 2. The van der Waals surface area contributed by atoms with Gasteiger partial charge in [0.2, 0.25) is 11.8 Å². The lowest BCUT2D eigenvalue weighted by Gasteiger charge is -2.27. The summed E-state index contributed by atoms with van der Waals surface area (Å²) in [6.45, 7) is 6.52. The maximum Gasteiger partial charge on any atom is 0.416 e. The van der Waals surface area contributed by atoms with Gasteiger partial charge in [0.1, 0.15) is 11.2 Å². The summed E-state index contributed by atoms with van der Waals surface area (Å²) in [5.74, 6) is -0.132. The molecule has 4 aromatic rings. The molecule has 244 valence electrons. The van der Waals surface area contributed by atoms with Gasteiger partial charge in [-0.1, -0.05) is 0 Å². The van der Waals surface area contributed by atoms with Crippen LogP contribution >= 0.6 is 0 Å². The Morgan fingerprint density at radius 2 is 1.80 bits per heavy atom. The SMILES string of the molecule is CCN1C(=O)C(C)(C)C(=O)N(C)c2cc(OCCCN(CCn3ccc4ccoc4c3=O)Cc3cnccc3C(F)(F)F)ccc21. The molecule has 0 radical (unpaired) electrons. The average Bonchev–Trinajstić information content (AvgIpc) is 3.50. The van der Waals surface area contributed by atoms with E-state index in [1.165, 1.54) is 21.9 Å². The number of anilines is 2. The van der Waals surface area contributed by atoms with Crippen molar-refractivity contribution in [3.8, 4) is 5.75 Å². The number of alkyl halides is 3. The Labute approximate surface area is 264 Å². The van der Waals surface area contributed by atoms with E-state index < -0.39 is 17.2 Å². The Bertz CT molecular complexity index is 1800. The predicted molar refractivity (Wildman–Crippen MR) is 167 cm³/mol. The summed E-state index contributed by atoms with van der Waals surface area (Å²) in [4.78, 5) is 47.9. The first-order valence-corrected chi connectivity index (χ1v) is 15.0. The summed E-state index contributed by atoms with van der Waals surface area (Å²) in [6, 6.07) is 9.59. The summed E-state index contributed by atoms with van der Waals surface area (Å²) in [5.41, 5.74) is -0.916. The van der Waals surface area contributed by atoms with E-state index in [0.29, 0.717) is 42.0 Å². The molecule has 1 aliphatic rings. The van der Waals surface area contributed by atoms with Gasteiger partial charge in [0, 0.05) is 69.8 Å². The van der Waals surface area contributed by atoms with Crippen molar-refractivity contribution >= 4 is 34.2 Å². The van der Waals surface area contributed by atoms with E-state index in [-0.39, 0.29) is 54.8 Å². The zero-order valence-electron chi connectivity index (χ0n) is 26.1. The number of carbonyl (C=O) groups excluding carboxylic acids is 2. The Balaban J connectivity index is 1.30. The third kappa shape index (κ3) is 6.50. The highest BCUT2D eigenvalue weighted by molar-refractivity contribution is 6.20. The smallest absolute Gasteiger partial charge is 0.416 e. The van der Waals surface area contributed by atoms with Crippen molar-refractivity contribution in [3.63, 3.8) is 0 Å². The maximum atomic E-state index is 13.8. The standard InChI is InChI=1S/C33H36F3N5O5/c1-5-41-26-8-7-24(19-27(26)38(4)30(43)32(2,3)31(41)44)45-17-6-13-39(21-23-20-37-12-9-25(23)33(34,35)36)15-16-40-14-10-22-11-18-46-28(22)29(40)42/h7-12,14,18-20H,5-6,13,15-17,21H2,1-4H3. The van der Waals surface area contributed by atoms with Crippen LogP contribution in [-0.4, -0.2) is 59.6 Å². The van der Waals surface area contributed by atoms with Crippen LogP contribution in [0.25, 0.3) is 11.0 Å². The highest BCUT2D eigenvalue weighted by atomic mass is 19.4. The van der Waals surface area contributed by atoms with Gasteiger partial charge >= 0.3 is 6.18 Å². The molecule has 0 fully saturated rings. The highest BCUT2D eigenvalue weighted by Gasteiger charge is 2.45. The van der Waals surface area contributed by atoms with E-state index in [2.05, 4.69) is 4.98 Å². The van der Waals surface area contributed by atoms with Gasteiger partial charge < -0.3 is 23.5 Å². The normalized spacial score (nSPS) is 15.0. The molecular formula is C33H36F3N5O5. The minimum Gasteiger partial charge on any atom is -0.493 e. The number of nitrogens with zero attached hydrogens (tertiary/aromatic N) is 5. The molecule has 0 bridgehead atoms. The van der Waals surface area contributed by atoms with Crippen LogP contribution in [0.5, 0.6) is 5.75 Å². The lowest BCUT2D eigenvalue weighted by atomic mass is 9.90. The van der Waals surface area contributed by atoms with E-state index in [4.69, 9.17) is 9.15 Å². The van der Waals surface area contributed by atoms with Gasteiger partial charge in [-0.05, 0) is 63.1 Å². The number of hydrogen-bond acceptors (Lipinski definition) is 7. The van der Waals surface area contributed by atoms with Crippen LogP contribution in [0.15, 0.2) is 70.5 Å². The van der Waals surface area contributed by atoms with E-state index in [9.17, 15) is 27.6 Å². The molecule has 0 atom stereocenters. The molecule has 5 rings (SSSR count). The van der Waals surface area contributed by atoms with Crippen LogP contribution in [0.3, 0.4) is 0 Å². The molecule has 0 saturated carbocycles. The first-order chi connectivity index (χ1) is 21.8. The van der Waals surface area contributed by atoms with Crippen molar-refractivity contribution in [3.05, 3.63) is 82.7 Å². The number of rotatable bonds is 11. The Kier molecular flexibility index (Phi) is 9.24. The quantitative estimate of drug-likeness (QED) is 0.161. The van der Waals surface area contributed by atoms with Crippen molar-refractivity contribution in [1.29, 1.82) is 0 Å². The zero-order chi connectivity index (χ0) is 33.2. The van der Waals surface area contributed by atoms with Gasteiger partial charge in [0.15, 0.2) is 5.58 Å². The molecule has 0 unspecified atom stereocenters. The molecule has 0 saturated heterocycles. The second-order valence-corrected chi connectivity index (χ2v) is 11.7. The summed E-state index contributed by atoms with van der Waals surface area (Å²) in [6.07, 6.45) is 1.32. The number of fused-ring (bicyclic) bond motifs is 2. The van der Waals surface area contributed by atoms with Gasteiger partial charge in [-0.3, -0.25) is 24.3 Å². The molecule has 1 aliphatic heterocycles. The number of benzene rings is 1. The van der Waals surface area contributed by atoms with Crippen LogP contribution in [0.4, 0.5) is 24.5 Å². The second kappa shape index (κ2) is 13.0. The van der Waals surface area contributed by atoms with Crippen LogP contribution in [0, 0.1) is 5.41 Å². The van der Waals surface area contributed by atoms with Gasteiger partial charge in [-0.25, -0.2) is 0 Å². The fourth-order valence-corrected chi connectivity index (χ4v) is 5.71. The van der Waals surface area contributed by atoms with Crippen LogP contribution in [0.2, 0.25) is 0 Å². The number of hydrogen-bond donors (Lipinski definition) is 0. The number of aromatic nitrogens is 2. The van der Waals surface area contributed by atoms with E-state index in [1.54, 1.807) is 62.3 Å². The van der Waals surface area contributed by atoms with Crippen molar-refractivity contribution < 1.29 is 31.9 Å². The van der Waals surface area contributed by atoms with Crippen molar-refractivity contribution in [2.75, 3.05) is 43.1 Å². The molecule has 13 heteroatoms. The van der Waals surface area contributed by atoms with Crippen molar-refractivity contribution in [2.45, 2.75) is 46.5 Å². The molecule has 1 aromatic carbocycles. The monoisotopic (exact) mass is 639 g/mol. The fraction of sp³-hybridized carbons (Fsp3) is 0.394. The molecule has 10 nitrogen and oxygen atoms in total. The summed E-state index contributed by atoms with van der Waals surface area (Å²) >= 11 is 0. The molecule has 46 heavy (non-hydrogen) atoms. The Morgan fingerprint density at radius 3 is 2.54 bits per heavy atom. The van der Waals surface area contributed by atoms with Gasteiger partial charge in [-0.15, -0.1) is 0 Å². The summed E-state index contributed by atoms with van der Waals surface area (Å²) in [7, 11) is 1.62. The zero-order valence-corrected chi connectivity index (χ0v) is 26.1. The summed E-state index contributed by atoms with van der Waals surface area (Å²) < 4.78 is 54.1. The lowest BCUT2D eigenvalue weighted by Crippen LogP contribution is -2.47. The van der Waals surface area contributed by atoms with Gasteiger partial charge in [0.25, 0.3) is 5.56 Å². The minimum atomic E-state index is -4.54. The lowest BCUT2D eigenvalue weighted by molar-refractivity contribution is -0.139. The molecule has 3 aromatic heterocycles. The molecule has 0 N–H and O–H groups in total. The average molecular weight is 640 g/mol. The van der Waals surface area contributed by atoms with E-state index in [1.807, 2.05) is 11.8 Å². The molecular weight excluding hydrogens is 603 g/mol. The number of ether oxygens (including phenoxy) is 1. The number of pyridine rings is 2. The number of halogens is 3. The van der Waals surface area contributed by atoms with E-state index in [0.717, 1.165) is 12.3 Å². The Hall–Kier alpha value is -4.65. The minimum absolute atomic E-state index is 0.0289. The number of amides is 2. The summed E-state index contributed by atoms with van der Waals surface area (Å²) in [5, 5.41) is 0.673. The van der Waals surface area contributed by atoms with Crippen molar-refractivity contribution in [2.24, 2.45) is 5.41 Å². The third-order valence-corrected chi connectivity index (χ3v) is 8.27. The molecule has 4 heterocycles. The first-order valence-electron chi connectivity index (χ1n) is 15.0. The predicted octanol–water partition coefficient (Wildman–Crippen LogP) is 5.34.